The van der Waals surface area contributed by atoms with Gasteiger partial charge in [0.2, 0.25) is 0 Å². The van der Waals surface area contributed by atoms with Crippen molar-refractivity contribution in [3.05, 3.63) is 65.5 Å². The molecule has 4 heteroatoms. The summed E-state index contributed by atoms with van der Waals surface area (Å²) in [6, 6.07) is 13.9. The van der Waals surface area contributed by atoms with Crippen LogP contribution in [0.25, 0.3) is 0 Å². The molecule has 0 bridgehead atoms. The molecule has 26 heavy (non-hydrogen) atoms. The molecule has 0 aliphatic rings. The summed E-state index contributed by atoms with van der Waals surface area (Å²) in [5.41, 5.74) is 2.40. The fraction of sp³-hybridized carbons (Fsp3) is 0.409. The normalized spacial score (nSPS) is 13.8. The number of halogens is 1. The zero-order valence-corrected chi connectivity index (χ0v) is 16.2. The Hall–Kier alpha value is -2.36. The Bertz CT molecular complexity index is 717. The smallest absolute Gasteiger partial charge is 0.261 e. The molecule has 0 aliphatic heterocycles. The van der Waals surface area contributed by atoms with Gasteiger partial charge in [0.15, 0.2) is 6.10 Å². The van der Waals surface area contributed by atoms with Crippen LogP contribution in [0, 0.1) is 5.82 Å². The predicted molar refractivity (Wildman–Crippen MR) is 103 cm³/mol. The van der Waals surface area contributed by atoms with Crippen molar-refractivity contribution in [3.63, 3.8) is 0 Å². The lowest BCUT2D eigenvalue weighted by atomic mass is 9.86. The highest BCUT2D eigenvalue weighted by molar-refractivity contribution is 5.81. The zero-order chi connectivity index (χ0) is 19.3. The van der Waals surface area contributed by atoms with Gasteiger partial charge in [0.25, 0.3) is 5.91 Å². The van der Waals surface area contributed by atoms with Crippen LogP contribution in [0.3, 0.4) is 0 Å². The molecule has 1 amide bonds. The van der Waals surface area contributed by atoms with Crippen molar-refractivity contribution in [2.24, 2.45) is 0 Å². The molecule has 0 spiro atoms. The Labute approximate surface area is 155 Å². The molecule has 0 fully saturated rings. The first-order chi connectivity index (χ1) is 12.2. The van der Waals surface area contributed by atoms with Gasteiger partial charge in [-0.3, -0.25) is 4.79 Å². The number of carbonyl (C=O) groups excluding carboxylic acids is 1. The van der Waals surface area contributed by atoms with Crippen LogP contribution in [-0.2, 0) is 10.2 Å². The third-order valence-corrected chi connectivity index (χ3v) is 4.39. The Kier molecular flexibility index (Phi) is 6.41. The average Bonchev–Trinajstić information content (AvgIpc) is 2.60. The first-order valence-electron chi connectivity index (χ1n) is 9.03. The third-order valence-electron chi connectivity index (χ3n) is 4.39. The SMILES string of the molecule is CC[C@H](Oc1ccc(F)cc1)C(=O)N[C@H](C)c1ccc(C(C)(C)C)cc1. The monoisotopic (exact) mass is 357 g/mol. The van der Waals surface area contributed by atoms with Gasteiger partial charge in [0.05, 0.1) is 6.04 Å². The standard InChI is InChI=1S/C22H28FNO2/c1-6-20(26-19-13-11-18(23)12-14-19)21(25)24-15(2)16-7-9-17(10-8-16)22(3,4)5/h7-15,20H,6H2,1-5H3,(H,24,25)/t15-,20+/m1/s1. The first-order valence-corrected chi connectivity index (χ1v) is 9.03. The molecule has 2 aromatic carbocycles. The quantitative estimate of drug-likeness (QED) is 0.776. The summed E-state index contributed by atoms with van der Waals surface area (Å²) >= 11 is 0. The van der Waals surface area contributed by atoms with E-state index in [1.54, 1.807) is 0 Å². The van der Waals surface area contributed by atoms with Crippen LogP contribution >= 0.6 is 0 Å². The van der Waals surface area contributed by atoms with Crippen LogP contribution in [0.1, 0.15) is 58.2 Å². The molecule has 0 saturated heterocycles. The minimum Gasteiger partial charge on any atom is -0.481 e. The molecule has 0 heterocycles. The number of carbonyl (C=O) groups is 1. The second-order valence-corrected chi connectivity index (χ2v) is 7.57. The van der Waals surface area contributed by atoms with Gasteiger partial charge >= 0.3 is 0 Å². The van der Waals surface area contributed by atoms with E-state index in [-0.39, 0.29) is 23.2 Å². The van der Waals surface area contributed by atoms with Gasteiger partial charge in [0.1, 0.15) is 11.6 Å². The molecule has 2 aromatic rings. The van der Waals surface area contributed by atoms with Crippen LogP contribution in [0.15, 0.2) is 48.5 Å². The number of hydrogen-bond donors (Lipinski definition) is 1. The molecule has 0 saturated carbocycles. The van der Waals surface area contributed by atoms with Gasteiger partial charge in [-0.05, 0) is 54.2 Å². The molecular formula is C22H28FNO2. The summed E-state index contributed by atoms with van der Waals surface area (Å²) in [7, 11) is 0. The van der Waals surface area contributed by atoms with Crippen LogP contribution in [0.2, 0.25) is 0 Å². The minimum atomic E-state index is -0.614. The maximum Gasteiger partial charge on any atom is 0.261 e. The van der Waals surface area contributed by atoms with Gasteiger partial charge in [-0.15, -0.1) is 0 Å². The van der Waals surface area contributed by atoms with Crippen molar-refractivity contribution in [2.45, 2.75) is 58.6 Å². The van der Waals surface area contributed by atoms with Crippen molar-refractivity contribution >= 4 is 5.91 Å². The van der Waals surface area contributed by atoms with E-state index >= 15 is 0 Å². The molecule has 0 radical (unpaired) electrons. The van der Waals surface area contributed by atoms with Crippen LogP contribution in [0.5, 0.6) is 5.75 Å². The van der Waals surface area contributed by atoms with E-state index in [0.717, 1.165) is 5.56 Å². The van der Waals surface area contributed by atoms with Gasteiger partial charge in [-0.2, -0.15) is 0 Å². The fourth-order valence-corrected chi connectivity index (χ4v) is 2.66. The Morgan fingerprint density at radius 2 is 1.65 bits per heavy atom. The molecule has 2 rings (SSSR count). The van der Waals surface area contributed by atoms with Gasteiger partial charge in [-0.25, -0.2) is 4.39 Å². The van der Waals surface area contributed by atoms with Gasteiger partial charge in [0, 0.05) is 0 Å². The van der Waals surface area contributed by atoms with E-state index < -0.39 is 6.10 Å². The molecule has 3 nitrogen and oxygen atoms in total. The van der Waals surface area contributed by atoms with Crippen molar-refractivity contribution in [3.8, 4) is 5.75 Å². The first kappa shape index (κ1) is 20.0. The van der Waals surface area contributed by atoms with Crippen LogP contribution in [0.4, 0.5) is 4.39 Å². The summed E-state index contributed by atoms with van der Waals surface area (Å²) in [5, 5.41) is 3.00. The Morgan fingerprint density at radius 3 is 2.15 bits per heavy atom. The topological polar surface area (TPSA) is 38.3 Å². The second kappa shape index (κ2) is 8.35. The van der Waals surface area contributed by atoms with E-state index in [2.05, 4.69) is 38.2 Å². The Morgan fingerprint density at radius 1 is 1.08 bits per heavy atom. The maximum absolute atomic E-state index is 13.0. The van der Waals surface area contributed by atoms with Gasteiger partial charge in [-0.1, -0.05) is 52.0 Å². The van der Waals surface area contributed by atoms with Crippen molar-refractivity contribution < 1.29 is 13.9 Å². The van der Waals surface area contributed by atoms with E-state index in [9.17, 15) is 9.18 Å². The summed E-state index contributed by atoms with van der Waals surface area (Å²) < 4.78 is 18.7. The second-order valence-electron chi connectivity index (χ2n) is 7.57. The molecule has 0 aliphatic carbocycles. The van der Waals surface area contributed by atoms with Crippen molar-refractivity contribution in [1.82, 2.24) is 5.32 Å². The minimum absolute atomic E-state index is 0.0985. The number of amides is 1. The lowest BCUT2D eigenvalue weighted by molar-refractivity contribution is -0.128. The highest BCUT2D eigenvalue weighted by Gasteiger charge is 2.21. The van der Waals surface area contributed by atoms with E-state index in [1.807, 2.05) is 26.0 Å². The van der Waals surface area contributed by atoms with Gasteiger partial charge < -0.3 is 10.1 Å². The van der Waals surface area contributed by atoms with E-state index in [4.69, 9.17) is 4.74 Å². The average molecular weight is 357 g/mol. The summed E-state index contributed by atoms with van der Waals surface area (Å²) in [5.74, 6) is -0.0259. The molecule has 140 valence electrons. The maximum atomic E-state index is 13.0. The summed E-state index contributed by atoms with van der Waals surface area (Å²) in [6.45, 7) is 10.4. The predicted octanol–water partition coefficient (Wildman–Crippen LogP) is 5.16. The number of benzene rings is 2. The van der Waals surface area contributed by atoms with Crippen molar-refractivity contribution in [1.29, 1.82) is 0 Å². The van der Waals surface area contributed by atoms with E-state index in [0.29, 0.717) is 12.2 Å². The molecule has 1 N–H and O–H groups in total. The molecule has 0 unspecified atom stereocenters. The lowest BCUT2D eigenvalue weighted by Crippen LogP contribution is -2.39. The van der Waals surface area contributed by atoms with Crippen molar-refractivity contribution in [2.75, 3.05) is 0 Å². The number of nitrogens with one attached hydrogen (secondary N) is 1. The fourth-order valence-electron chi connectivity index (χ4n) is 2.66. The highest BCUT2D eigenvalue weighted by Crippen LogP contribution is 2.24. The summed E-state index contributed by atoms with van der Waals surface area (Å²) in [6.07, 6.45) is -0.0874. The largest absolute Gasteiger partial charge is 0.481 e. The molecule has 0 aromatic heterocycles. The molecule has 2 atom stereocenters. The lowest BCUT2D eigenvalue weighted by Gasteiger charge is -2.22. The third kappa shape index (κ3) is 5.32. The van der Waals surface area contributed by atoms with Crippen LogP contribution in [-0.4, -0.2) is 12.0 Å². The number of ether oxygens (including phenoxy) is 1. The number of rotatable bonds is 6. The van der Waals surface area contributed by atoms with E-state index in [1.165, 1.54) is 29.8 Å². The highest BCUT2D eigenvalue weighted by atomic mass is 19.1. The number of hydrogen-bond acceptors (Lipinski definition) is 2. The summed E-state index contributed by atoms with van der Waals surface area (Å²) in [4.78, 5) is 12.5. The van der Waals surface area contributed by atoms with Crippen LogP contribution < -0.4 is 10.1 Å². The Balaban J connectivity index is 2.00. The zero-order valence-electron chi connectivity index (χ0n) is 16.2. The molecular weight excluding hydrogens is 329 g/mol.